The normalized spacial score (nSPS) is 15.3. The van der Waals surface area contributed by atoms with Crippen molar-refractivity contribution in [2.45, 2.75) is 17.6 Å². The van der Waals surface area contributed by atoms with E-state index in [1.54, 1.807) is 60.3 Å². The predicted molar refractivity (Wildman–Crippen MR) is 138 cm³/mol. The largest absolute Gasteiger partial charge is 0.476 e. The molecule has 6 nitrogen and oxygen atoms in total. The number of halogens is 1. The Hall–Kier alpha value is -2.68. The number of nitrogens with one attached hydrogen (secondary N) is 1. The molecule has 0 unspecified atom stereocenters. The summed E-state index contributed by atoms with van der Waals surface area (Å²) in [7, 11) is -3.72. The Balaban J connectivity index is 1.37. The number of nitrogens with zero attached hydrogens (tertiary/aromatic N) is 1. The fourth-order valence-corrected chi connectivity index (χ4v) is 6.12. The van der Waals surface area contributed by atoms with Crippen LogP contribution in [0, 0.1) is 0 Å². The number of anilines is 1. The molecule has 3 aromatic carbocycles. The third-order valence-corrected chi connectivity index (χ3v) is 8.28. The molecule has 0 fully saturated rings. The van der Waals surface area contributed by atoms with Gasteiger partial charge in [0.25, 0.3) is 5.91 Å². The molecule has 1 atom stereocenters. The van der Waals surface area contributed by atoms with Gasteiger partial charge < -0.3 is 10.1 Å². The van der Waals surface area contributed by atoms with E-state index in [2.05, 4.69) is 5.32 Å². The summed E-state index contributed by atoms with van der Waals surface area (Å²) in [6.45, 7) is 0.380. The summed E-state index contributed by atoms with van der Waals surface area (Å²) < 4.78 is 33.7. The van der Waals surface area contributed by atoms with Gasteiger partial charge in [-0.1, -0.05) is 66.2 Å². The van der Waals surface area contributed by atoms with Crippen LogP contribution in [0.2, 0.25) is 5.02 Å². The maximum Gasteiger partial charge on any atom is 0.263 e. The van der Waals surface area contributed by atoms with Crippen molar-refractivity contribution in [2.75, 3.05) is 23.1 Å². The molecule has 1 amide bonds. The van der Waals surface area contributed by atoms with Crippen LogP contribution >= 0.6 is 23.4 Å². The van der Waals surface area contributed by atoms with Gasteiger partial charge in [-0.05, 0) is 35.4 Å². The molecule has 1 heterocycles. The lowest BCUT2D eigenvalue weighted by Gasteiger charge is -2.34. The van der Waals surface area contributed by atoms with Crippen molar-refractivity contribution in [1.29, 1.82) is 0 Å². The van der Waals surface area contributed by atoms with E-state index in [-0.39, 0.29) is 18.2 Å². The molecule has 0 bridgehead atoms. The van der Waals surface area contributed by atoms with Gasteiger partial charge in [0, 0.05) is 23.1 Å². The van der Waals surface area contributed by atoms with Crippen LogP contribution in [0.5, 0.6) is 5.75 Å². The SMILES string of the molecule is O=C(NCCSCc1ccc(Cl)cc1)[C@H]1CN(S(=O)(=O)Cc2ccccc2)c2ccccc2O1. The summed E-state index contributed by atoms with van der Waals surface area (Å²) in [5.74, 6) is 1.42. The molecule has 178 valence electrons. The van der Waals surface area contributed by atoms with E-state index in [1.165, 1.54) is 4.31 Å². The van der Waals surface area contributed by atoms with Gasteiger partial charge in [-0.3, -0.25) is 9.10 Å². The number of carbonyl (C=O) groups is 1. The van der Waals surface area contributed by atoms with Gasteiger partial charge in [0.1, 0.15) is 5.75 Å². The standard InChI is InChI=1S/C25H25ClN2O4S2/c26-21-12-10-19(11-13-21)17-33-15-14-27-25(29)24-16-28(22-8-4-5-9-23(22)32-24)34(30,31)18-20-6-2-1-3-7-20/h1-13,24H,14-18H2,(H,27,29)/t24-/m1/s1. The van der Waals surface area contributed by atoms with Gasteiger partial charge >= 0.3 is 0 Å². The minimum atomic E-state index is -3.72. The summed E-state index contributed by atoms with van der Waals surface area (Å²) in [5, 5.41) is 3.58. The van der Waals surface area contributed by atoms with E-state index < -0.39 is 16.1 Å². The highest BCUT2D eigenvalue weighted by Gasteiger charge is 2.36. The van der Waals surface area contributed by atoms with Crippen molar-refractivity contribution in [3.63, 3.8) is 0 Å². The van der Waals surface area contributed by atoms with Crippen LogP contribution in [-0.2, 0) is 26.3 Å². The lowest BCUT2D eigenvalue weighted by atomic mass is 10.2. The van der Waals surface area contributed by atoms with Gasteiger partial charge in [-0.2, -0.15) is 11.8 Å². The lowest BCUT2D eigenvalue weighted by Crippen LogP contribution is -2.51. The second-order valence-electron chi connectivity index (χ2n) is 7.82. The lowest BCUT2D eigenvalue weighted by molar-refractivity contribution is -0.127. The van der Waals surface area contributed by atoms with Crippen LogP contribution in [0.25, 0.3) is 0 Å². The summed E-state index contributed by atoms with van der Waals surface area (Å²) in [6, 6.07) is 23.6. The van der Waals surface area contributed by atoms with Gasteiger partial charge in [0.05, 0.1) is 18.0 Å². The van der Waals surface area contributed by atoms with E-state index in [0.29, 0.717) is 34.3 Å². The smallest absolute Gasteiger partial charge is 0.263 e. The van der Waals surface area contributed by atoms with Gasteiger partial charge in [-0.15, -0.1) is 0 Å². The average Bonchev–Trinajstić information content (AvgIpc) is 2.84. The van der Waals surface area contributed by atoms with Crippen molar-refractivity contribution in [3.8, 4) is 5.75 Å². The van der Waals surface area contributed by atoms with Crippen LogP contribution in [-0.4, -0.2) is 39.3 Å². The second kappa shape index (κ2) is 11.2. The maximum absolute atomic E-state index is 13.3. The van der Waals surface area contributed by atoms with Gasteiger partial charge in [0.15, 0.2) is 6.10 Å². The number of carbonyl (C=O) groups excluding carboxylic acids is 1. The quantitative estimate of drug-likeness (QED) is 0.424. The molecule has 0 saturated heterocycles. The number of thioether (sulfide) groups is 1. The molecule has 3 aromatic rings. The van der Waals surface area contributed by atoms with E-state index in [0.717, 1.165) is 11.3 Å². The monoisotopic (exact) mass is 516 g/mol. The minimum absolute atomic E-state index is 0.0735. The highest BCUT2D eigenvalue weighted by Crippen LogP contribution is 2.35. The summed E-state index contributed by atoms with van der Waals surface area (Å²) in [5.41, 5.74) is 2.29. The van der Waals surface area contributed by atoms with Gasteiger partial charge in [0.2, 0.25) is 10.0 Å². The minimum Gasteiger partial charge on any atom is -0.476 e. The summed E-state index contributed by atoms with van der Waals surface area (Å²) in [4.78, 5) is 12.8. The fourth-order valence-electron chi connectivity index (χ4n) is 3.60. The predicted octanol–water partition coefficient (Wildman–Crippen LogP) is 4.49. The van der Waals surface area contributed by atoms with Crippen LogP contribution in [0.3, 0.4) is 0 Å². The van der Waals surface area contributed by atoms with Crippen molar-refractivity contribution >= 4 is 45.0 Å². The van der Waals surface area contributed by atoms with Crippen molar-refractivity contribution in [2.24, 2.45) is 0 Å². The van der Waals surface area contributed by atoms with E-state index >= 15 is 0 Å². The van der Waals surface area contributed by atoms with Crippen molar-refractivity contribution in [1.82, 2.24) is 5.32 Å². The average molecular weight is 517 g/mol. The third-order valence-electron chi connectivity index (χ3n) is 5.28. The molecule has 9 heteroatoms. The molecular weight excluding hydrogens is 492 g/mol. The van der Waals surface area contributed by atoms with Crippen LogP contribution in [0.15, 0.2) is 78.9 Å². The first-order valence-electron chi connectivity index (χ1n) is 10.8. The van der Waals surface area contributed by atoms with Crippen molar-refractivity contribution < 1.29 is 17.9 Å². The Morgan fingerprint density at radius 1 is 1.00 bits per heavy atom. The van der Waals surface area contributed by atoms with Crippen LogP contribution in [0.4, 0.5) is 5.69 Å². The number of benzene rings is 3. The second-order valence-corrected chi connectivity index (χ2v) is 11.3. The summed E-state index contributed by atoms with van der Waals surface area (Å²) >= 11 is 7.60. The number of hydrogen-bond donors (Lipinski definition) is 1. The number of ether oxygens (including phenoxy) is 1. The van der Waals surface area contributed by atoms with Crippen molar-refractivity contribution in [3.05, 3.63) is 95.0 Å². The first kappa shape index (κ1) is 24.4. The molecule has 1 aliphatic rings. The molecular formula is C25H25ClN2O4S2. The maximum atomic E-state index is 13.3. The number of fused-ring (bicyclic) bond motifs is 1. The van der Waals surface area contributed by atoms with Crippen LogP contribution in [0.1, 0.15) is 11.1 Å². The number of hydrogen-bond acceptors (Lipinski definition) is 5. The van der Waals surface area contributed by atoms with Gasteiger partial charge in [-0.25, -0.2) is 8.42 Å². The van der Waals surface area contributed by atoms with E-state index in [4.69, 9.17) is 16.3 Å². The molecule has 34 heavy (non-hydrogen) atoms. The number of para-hydroxylation sites is 2. The topological polar surface area (TPSA) is 75.7 Å². The number of rotatable bonds is 9. The fraction of sp³-hybridized carbons (Fsp3) is 0.240. The first-order valence-corrected chi connectivity index (χ1v) is 14.0. The highest BCUT2D eigenvalue weighted by molar-refractivity contribution is 7.98. The highest BCUT2D eigenvalue weighted by atomic mass is 35.5. The summed E-state index contributed by atoms with van der Waals surface area (Å²) in [6.07, 6.45) is -0.929. The first-order chi connectivity index (χ1) is 16.4. The van der Waals surface area contributed by atoms with E-state index in [9.17, 15) is 13.2 Å². The Morgan fingerprint density at radius 2 is 1.71 bits per heavy atom. The Morgan fingerprint density at radius 3 is 2.47 bits per heavy atom. The molecule has 4 rings (SSSR count). The molecule has 0 aromatic heterocycles. The Kier molecular flexibility index (Phi) is 8.03. The molecule has 0 aliphatic carbocycles. The Bertz CT molecular complexity index is 1220. The zero-order chi connectivity index (χ0) is 24.0. The molecule has 0 spiro atoms. The third kappa shape index (κ3) is 6.25. The number of sulfonamides is 1. The van der Waals surface area contributed by atoms with E-state index in [1.807, 2.05) is 30.3 Å². The number of amides is 1. The zero-order valence-corrected chi connectivity index (χ0v) is 20.8. The van der Waals surface area contributed by atoms with Crippen LogP contribution < -0.4 is 14.4 Å². The molecule has 0 saturated carbocycles. The zero-order valence-electron chi connectivity index (χ0n) is 18.4. The molecule has 1 aliphatic heterocycles. The molecule has 1 N–H and O–H groups in total. The Labute approximate surface area is 209 Å². The molecule has 0 radical (unpaired) electrons.